The number of rotatable bonds is 3. The highest BCUT2D eigenvalue weighted by Crippen LogP contribution is 2.26. The van der Waals surface area contributed by atoms with Crippen LogP contribution in [0, 0.1) is 18.8 Å². The molecule has 0 aliphatic heterocycles. The van der Waals surface area contributed by atoms with Crippen molar-refractivity contribution in [1.29, 1.82) is 0 Å². The van der Waals surface area contributed by atoms with E-state index in [2.05, 4.69) is 52.1 Å². The van der Waals surface area contributed by atoms with Gasteiger partial charge in [0.05, 0.1) is 0 Å². The highest BCUT2D eigenvalue weighted by molar-refractivity contribution is 7.11. The lowest BCUT2D eigenvalue weighted by molar-refractivity contribution is 0.505. The quantitative estimate of drug-likeness (QED) is 0.672. The molecule has 1 aromatic heterocycles. The van der Waals surface area contributed by atoms with E-state index >= 15 is 0 Å². The van der Waals surface area contributed by atoms with E-state index in [0.717, 1.165) is 5.92 Å². The largest absolute Gasteiger partial charge is 0.144 e. The van der Waals surface area contributed by atoms with Crippen LogP contribution in [0.4, 0.5) is 0 Å². The summed E-state index contributed by atoms with van der Waals surface area (Å²) in [7, 11) is 0. The van der Waals surface area contributed by atoms with Crippen molar-refractivity contribution in [2.45, 2.75) is 34.6 Å². The molecule has 0 bridgehead atoms. The summed E-state index contributed by atoms with van der Waals surface area (Å²) >= 11 is 1.84. The molecule has 14 heavy (non-hydrogen) atoms. The third kappa shape index (κ3) is 2.71. The Morgan fingerprint density at radius 3 is 2.43 bits per heavy atom. The van der Waals surface area contributed by atoms with Gasteiger partial charge >= 0.3 is 0 Å². The molecule has 0 saturated carbocycles. The lowest BCUT2D eigenvalue weighted by Crippen LogP contribution is -2.00. The highest BCUT2D eigenvalue weighted by Gasteiger charge is 2.07. The number of thiophene rings is 1. The van der Waals surface area contributed by atoms with Gasteiger partial charge in [-0.3, -0.25) is 0 Å². The first-order valence-corrected chi connectivity index (χ1v) is 6.13. The molecular weight excluding hydrogens is 188 g/mol. The molecule has 1 atom stereocenters. The third-order valence-electron chi connectivity index (χ3n) is 2.78. The molecule has 0 aromatic carbocycles. The fourth-order valence-electron chi connectivity index (χ4n) is 1.44. The van der Waals surface area contributed by atoms with E-state index in [1.165, 1.54) is 16.0 Å². The van der Waals surface area contributed by atoms with E-state index in [1.807, 2.05) is 11.3 Å². The second-order valence-electron chi connectivity index (χ2n) is 4.39. The number of hydrogen-bond acceptors (Lipinski definition) is 1. The van der Waals surface area contributed by atoms with Gasteiger partial charge in [0, 0.05) is 4.88 Å². The van der Waals surface area contributed by atoms with Gasteiger partial charge in [0.15, 0.2) is 0 Å². The SMILES string of the molecule is C/C(=C\C(C)C(C)C)c1sccc1C. The van der Waals surface area contributed by atoms with Crippen molar-refractivity contribution in [3.63, 3.8) is 0 Å². The molecule has 1 rings (SSSR count). The predicted molar refractivity (Wildman–Crippen MR) is 66.7 cm³/mol. The molecule has 0 N–H and O–H groups in total. The summed E-state index contributed by atoms with van der Waals surface area (Å²) in [4.78, 5) is 1.44. The van der Waals surface area contributed by atoms with Crippen molar-refractivity contribution in [3.05, 3.63) is 28.0 Å². The van der Waals surface area contributed by atoms with Crippen LogP contribution in [0.15, 0.2) is 17.5 Å². The van der Waals surface area contributed by atoms with E-state index < -0.39 is 0 Å². The van der Waals surface area contributed by atoms with Crippen LogP contribution in [0.3, 0.4) is 0 Å². The minimum atomic E-state index is 0.663. The van der Waals surface area contributed by atoms with E-state index in [9.17, 15) is 0 Å². The molecule has 0 spiro atoms. The Morgan fingerprint density at radius 2 is 2.00 bits per heavy atom. The minimum absolute atomic E-state index is 0.663. The topological polar surface area (TPSA) is 0 Å². The van der Waals surface area contributed by atoms with Crippen LogP contribution in [0.5, 0.6) is 0 Å². The van der Waals surface area contributed by atoms with Crippen LogP contribution < -0.4 is 0 Å². The molecule has 0 saturated heterocycles. The smallest absolute Gasteiger partial charge is 0.0325 e. The summed E-state index contributed by atoms with van der Waals surface area (Å²) in [5.74, 6) is 1.39. The monoisotopic (exact) mass is 208 g/mol. The Bertz CT molecular complexity index is 318. The fraction of sp³-hybridized carbons (Fsp3) is 0.538. The van der Waals surface area contributed by atoms with Gasteiger partial charge < -0.3 is 0 Å². The average Bonchev–Trinajstić information content (AvgIpc) is 2.51. The zero-order valence-electron chi connectivity index (χ0n) is 9.79. The molecular formula is C13H20S. The predicted octanol–water partition coefficient (Wildman–Crippen LogP) is 4.75. The maximum atomic E-state index is 2.39. The van der Waals surface area contributed by atoms with Crippen LogP contribution >= 0.6 is 11.3 Å². The second kappa shape index (κ2) is 4.79. The van der Waals surface area contributed by atoms with Gasteiger partial charge in [0.25, 0.3) is 0 Å². The number of allylic oxidation sites excluding steroid dienone is 2. The Labute approximate surface area is 91.7 Å². The Hall–Kier alpha value is -0.560. The number of aryl methyl sites for hydroxylation is 1. The van der Waals surface area contributed by atoms with Crippen molar-refractivity contribution in [3.8, 4) is 0 Å². The summed E-state index contributed by atoms with van der Waals surface area (Å²) in [5, 5.41) is 2.17. The molecule has 1 heterocycles. The van der Waals surface area contributed by atoms with Crippen LogP contribution in [0.2, 0.25) is 0 Å². The molecule has 0 nitrogen and oxygen atoms in total. The minimum Gasteiger partial charge on any atom is -0.144 e. The zero-order chi connectivity index (χ0) is 10.7. The van der Waals surface area contributed by atoms with Gasteiger partial charge in [0.1, 0.15) is 0 Å². The molecule has 78 valence electrons. The van der Waals surface area contributed by atoms with Crippen molar-refractivity contribution < 1.29 is 0 Å². The number of hydrogen-bond donors (Lipinski definition) is 0. The maximum Gasteiger partial charge on any atom is 0.0325 e. The molecule has 1 aromatic rings. The van der Waals surface area contributed by atoms with E-state index in [0.29, 0.717) is 5.92 Å². The van der Waals surface area contributed by atoms with Crippen LogP contribution in [0.25, 0.3) is 5.57 Å². The van der Waals surface area contributed by atoms with E-state index in [-0.39, 0.29) is 0 Å². The van der Waals surface area contributed by atoms with Gasteiger partial charge in [-0.05, 0) is 48.3 Å². The van der Waals surface area contributed by atoms with Gasteiger partial charge in [-0.2, -0.15) is 0 Å². The highest BCUT2D eigenvalue weighted by atomic mass is 32.1. The fourth-order valence-corrected chi connectivity index (χ4v) is 2.36. The summed E-state index contributed by atoms with van der Waals surface area (Å²) in [5.41, 5.74) is 2.83. The summed E-state index contributed by atoms with van der Waals surface area (Å²) in [6.07, 6.45) is 2.39. The summed E-state index contributed by atoms with van der Waals surface area (Å²) in [6.45, 7) is 11.2. The molecule has 0 aliphatic carbocycles. The lowest BCUT2D eigenvalue weighted by atomic mass is 9.95. The first-order valence-electron chi connectivity index (χ1n) is 5.25. The van der Waals surface area contributed by atoms with Gasteiger partial charge in [-0.15, -0.1) is 11.3 Å². The average molecular weight is 208 g/mol. The van der Waals surface area contributed by atoms with Crippen LogP contribution in [-0.2, 0) is 0 Å². The molecule has 0 aliphatic rings. The summed E-state index contributed by atoms with van der Waals surface area (Å²) < 4.78 is 0. The molecule has 1 heteroatoms. The molecule has 1 unspecified atom stereocenters. The van der Waals surface area contributed by atoms with Gasteiger partial charge in [-0.1, -0.05) is 26.8 Å². The summed E-state index contributed by atoms with van der Waals surface area (Å²) in [6, 6.07) is 2.19. The van der Waals surface area contributed by atoms with Crippen molar-refractivity contribution in [2.24, 2.45) is 11.8 Å². The first kappa shape index (κ1) is 11.5. The standard InChI is InChI=1S/C13H20S/c1-9(2)11(4)8-12(5)13-10(3)6-7-14-13/h6-9,11H,1-5H3/b12-8+. The zero-order valence-corrected chi connectivity index (χ0v) is 10.6. The molecule has 0 fully saturated rings. The second-order valence-corrected chi connectivity index (χ2v) is 5.30. The van der Waals surface area contributed by atoms with Gasteiger partial charge in [0.2, 0.25) is 0 Å². The normalized spacial score (nSPS) is 14.9. The first-order chi connectivity index (χ1) is 6.52. The van der Waals surface area contributed by atoms with E-state index in [4.69, 9.17) is 0 Å². The van der Waals surface area contributed by atoms with Crippen molar-refractivity contribution in [1.82, 2.24) is 0 Å². The van der Waals surface area contributed by atoms with Crippen molar-refractivity contribution >= 4 is 16.9 Å². The van der Waals surface area contributed by atoms with Crippen LogP contribution in [-0.4, -0.2) is 0 Å². The van der Waals surface area contributed by atoms with Gasteiger partial charge in [-0.25, -0.2) is 0 Å². The Morgan fingerprint density at radius 1 is 1.36 bits per heavy atom. The molecule has 0 radical (unpaired) electrons. The lowest BCUT2D eigenvalue weighted by Gasteiger charge is -2.12. The Kier molecular flexibility index (Phi) is 3.94. The van der Waals surface area contributed by atoms with E-state index in [1.54, 1.807) is 0 Å². The third-order valence-corrected chi connectivity index (χ3v) is 3.94. The maximum absolute atomic E-state index is 2.39. The Balaban J connectivity index is 2.85. The molecule has 0 amide bonds. The van der Waals surface area contributed by atoms with Crippen molar-refractivity contribution in [2.75, 3.05) is 0 Å². The van der Waals surface area contributed by atoms with Crippen LogP contribution in [0.1, 0.15) is 38.1 Å².